The molecule has 0 fully saturated rings. The lowest BCUT2D eigenvalue weighted by atomic mass is 10.1. The van der Waals surface area contributed by atoms with Crippen LogP contribution in [0.1, 0.15) is 50.1 Å². The van der Waals surface area contributed by atoms with E-state index in [1.807, 2.05) is 45.0 Å². The van der Waals surface area contributed by atoms with Crippen molar-refractivity contribution in [1.82, 2.24) is 14.5 Å². The Labute approximate surface area is 220 Å². The van der Waals surface area contributed by atoms with Gasteiger partial charge in [0, 0.05) is 29.5 Å². The van der Waals surface area contributed by atoms with Crippen LogP contribution in [0.5, 0.6) is 5.88 Å². The molecule has 4 aromatic rings. The Balaban J connectivity index is 0.000000327. The molecule has 0 aliphatic heterocycles. The zero-order valence-electron chi connectivity index (χ0n) is 22.7. The standard InChI is InChI=1S/C19H21N3O3.C8H7F3.C2H6/c1-12-9-17(25-11-19(3,4)24)21-16-6-5-14(10-15(12)16)22-8-7-20-13(2)18(22)23;1-6-2-4-7(5-3-6)8(9,10)11;1-2/h5-10,24H,11H2,1-4H3;2-5H,1H3;1-2H3. The quantitative estimate of drug-likeness (QED) is 0.323. The summed E-state index contributed by atoms with van der Waals surface area (Å²) in [7, 11) is 0. The monoisotopic (exact) mass is 529 g/mol. The van der Waals surface area contributed by atoms with E-state index in [-0.39, 0.29) is 12.2 Å². The second kappa shape index (κ2) is 12.7. The van der Waals surface area contributed by atoms with Crippen LogP contribution in [0.4, 0.5) is 13.2 Å². The lowest BCUT2D eigenvalue weighted by molar-refractivity contribution is -0.137. The fourth-order valence-corrected chi connectivity index (χ4v) is 3.28. The van der Waals surface area contributed by atoms with Crippen LogP contribution in [-0.4, -0.2) is 31.8 Å². The largest absolute Gasteiger partial charge is 0.475 e. The number of halogens is 3. The maximum Gasteiger partial charge on any atom is 0.416 e. The Bertz CT molecular complexity index is 1410. The normalized spacial score (nSPS) is 11.2. The number of aromatic nitrogens is 3. The van der Waals surface area contributed by atoms with Gasteiger partial charge >= 0.3 is 6.18 Å². The molecule has 1 N–H and O–H groups in total. The fraction of sp³-hybridized carbons (Fsp3) is 0.345. The van der Waals surface area contributed by atoms with Crippen molar-refractivity contribution in [3.63, 3.8) is 0 Å². The zero-order chi connectivity index (χ0) is 28.7. The van der Waals surface area contributed by atoms with Crippen molar-refractivity contribution in [1.29, 1.82) is 0 Å². The predicted molar refractivity (Wildman–Crippen MR) is 144 cm³/mol. The van der Waals surface area contributed by atoms with Crippen LogP contribution in [0.3, 0.4) is 0 Å². The molecule has 0 unspecified atom stereocenters. The summed E-state index contributed by atoms with van der Waals surface area (Å²) in [6.45, 7) is 12.9. The number of fused-ring (bicyclic) bond motifs is 1. The third kappa shape index (κ3) is 8.41. The lowest BCUT2D eigenvalue weighted by Crippen LogP contribution is -2.28. The topological polar surface area (TPSA) is 77.2 Å². The third-order valence-corrected chi connectivity index (χ3v) is 5.22. The van der Waals surface area contributed by atoms with Crippen LogP contribution in [0.25, 0.3) is 16.6 Å². The van der Waals surface area contributed by atoms with E-state index in [1.54, 1.807) is 44.7 Å². The number of alkyl halides is 3. The molecule has 0 amide bonds. The van der Waals surface area contributed by atoms with Crippen molar-refractivity contribution >= 4 is 10.9 Å². The van der Waals surface area contributed by atoms with Crippen molar-refractivity contribution in [3.05, 3.63) is 93.7 Å². The number of nitrogens with zero attached hydrogens (tertiary/aromatic N) is 3. The van der Waals surface area contributed by atoms with Crippen molar-refractivity contribution in [2.75, 3.05) is 6.61 Å². The molecule has 2 heterocycles. The van der Waals surface area contributed by atoms with Gasteiger partial charge in [0.25, 0.3) is 5.56 Å². The van der Waals surface area contributed by atoms with Gasteiger partial charge in [-0.2, -0.15) is 13.2 Å². The summed E-state index contributed by atoms with van der Waals surface area (Å²) >= 11 is 0. The molecule has 0 saturated carbocycles. The van der Waals surface area contributed by atoms with Crippen molar-refractivity contribution < 1.29 is 23.0 Å². The SMILES string of the molecule is CC.Cc1ccc(C(F)(F)F)cc1.Cc1nccn(-c2ccc3nc(OCC(C)(C)O)cc(C)c3c2)c1=O. The highest BCUT2D eigenvalue weighted by molar-refractivity contribution is 5.84. The molecule has 0 bridgehead atoms. The number of aliphatic hydroxyl groups is 1. The van der Waals surface area contributed by atoms with Gasteiger partial charge in [0.15, 0.2) is 0 Å². The van der Waals surface area contributed by atoms with Crippen LogP contribution in [-0.2, 0) is 6.18 Å². The maximum atomic E-state index is 12.3. The number of hydrogen-bond acceptors (Lipinski definition) is 5. The highest BCUT2D eigenvalue weighted by Gasteiger charge is 2.29. The number of aryl methyl sites for hydroxylation is 3. The van der Waals surface area contributed by atoms with Crippen LogP contribution in [0.15, 0.2) is 65.7 Å². The first-order chi connectivity index (χ1) is 17.7. The van der Waals surface area contributed by atoms with Gasteiger partial charge in [-0.3, -0.25) is 14.3 Å². The summed E-state index contributed by atoms with van der Waals surface area (Å²) in [4.78, 5) is 20.8. The molecule has 9 heteroatoms. The first-order valence-corrected chi connectivity index (χ1v) is 12.2. The Morgan fingerprint density at radius 3 is 2.18 bits per heavy atom. The molecule has 6 nitrogen and oxygen atoms in total. The first-order valence-electron chi connectivity index (χ1n) is 12.2. The van der Waals surface area contributed by atoms with E-state index in [9.17, 15) is 23.1 Å². The molecule has 38 heavy (non-hydrogen) atoms. The molecule has 0 saturated heterocycles. The third-order valence-electron chi connectivity index (χ3n) is 5.22. The molecule has 0 aliphatic rings. The average molecular weight is 530 g/mol. The van der Waals surface area contributed by atoms with E-state index in [4.69, 9.17) is 4.74 Å². The maximum absolute atomic E-state index is 12.3. The van der Waals surface area contributed by atoms with Crippen molar-refractivity contribution in [3.8, 4) is 11.6 Å². The number of benzene rings is 2. The minimum atomic E-state index is -4.21. The fourth-order valence-electron chi connectivity index (χ4n) is 3.28. The van der Waals surface area contributed by atoms with Gasteiger partial charge in [-0.15, -0.1) is 0 Å². The lowest BCUT2D eigenvalue weighted by Gasteiger charge is -2.18. The molecule has 2 aromatic carbocycles. The number of hydrogen-bond donors (Lipinski definition) is 1. The minimum Gasteiger partial charge on any atom is -0.475 e. The first kappa shape index (κ1) is 30.5. The highest BCUT2D eigenvalue weighted by atomic mass is 19.4. The van der Waals surface area contributed by atoms with E-state index < -0.39 is 17.3 Å². The van der Waals surface area contributed by atoms with E-state index >= 15 is 0 Å². The van der Waals surface area contributed by atoms with Gasteiger partial charge in [0.05, 0.1) is 16.7 Å². The van der Waals surface area contributed by atoms with Gasteiger partial charge in [-0.1, -0.05) is 31.5 Å². The molecule has 4 rings (SSSR count). The Hall–Kier alpha value is -3.72. The second-order valence-corrected chi connectivity index (χ2v) is 9.13. The van der Waals surface area contributed by atoms with Gasteiger partial charge < -0.3 is 9.84 Å². The van der Waals surface area contributed by atoms with Crippen molar-refractivity contribution in [2.45, 2.75) is 60.2 Å². The van der Waals surface area contributed by atoms with Gasteiger partial charge in [0.2, 0.25) is 5.88 Å². The van der Waals surface area contributed by atoms with Gasteiger partial charge in [-0.25, -0.2) is 4.98 Å². The molecule has 204 valence electrons. The summed E-state index contributed by atoms with van der Waals surface area (Å²) in [6, 6.07) is 12.5. The number of pyridine rings is 1. The summed E-state index contributed by atoms with van der Waals surface area (Å²) in [5.41, 5.74) is 2.14. The van der Waals surface area contributed by atoms with E-state index in [1.165, 1.54) is 12.1 Å². The highest BCUT2D eigenvalue weighted by Crippen LogP contribution is 2.29. The summed E-state index contributed by atoms with van der Waals surface area (Å²) < 4.78 is 42.9. The van der Waals surface area contributed by atoms with Crippen LogP contribution in [0.2, 0.25) is 0 Å². The molecular weight excluding hydrogens is 495 g/mol. The zero-order valence-corrected chi connectivity index (χ0v) is 22.7. The van der Waals surface area contributed by atoms with Crippen LogP contribution >= 0.6 is 0 Å². The second-order valence-electron chi connectivity index (χ2n) is 9.13. The Morgan fingerprint density at radius 1 is 0.974 bits per heavy atom. The smallest absolute Gasteiger partial charge is 0.416 e. The van der Waals surface area contributed by atoms with Crippen LogP contribution < -0.4 is 10.3 Å². The number of rotatable bonds is 4. The summed E-state index contributed by atoms with van der Waals surface area (Å²) in [5, 5.41) is 10.7. The minimum absolute atomic E-state index is 0.141. The van der Waals surface area contributed by atoms with E-state index in [0.717, 1.165) is 39.8 Å². The van der Waals surface area contributed by atoms with Gasteiger partial charge in [0.1, 0.15) is 12.3 Å². The summed E-state index contributed by atoms with van der Waals surface area (Å²) in [5.74, 6) is 0.469. The number of ether oxygens (including phenoxy) is 1. The van der Waals surface area contributed by atoms with E-state index in [0.29, 0.717) is 11.6 Å². The molecule has 2 aromatic heterocycles. The molecule has 0 aliphatic carbocycles. The Kier molecular flexibility index (Phi) is 10.2. The molecular formula is C29H34F3N3O3. The molecule has 0 atom stereocenters. The average Bonchev–Trinajstić information content (AvgIpc) is 2.85. The Morgan fingerprint density at radius 2 is 1.61 bits per heavy atom. The molecule has 0 radical (unpaired) electrons. The summed E-state index contributed by atoms with van der Waals surface area (Å²) in [6.07, 6.45) is -0.951. The van der Waals surface area contributed by atoms with E-state index in [2.05, 4.69) is 9.97 Å². The predicted octanol–water partition coefficient (Wildman–Crippen LogP) is 6.59. The van der Waals surface area contributed by atoms with Gasteiger partial charge in [-0.05, 0) is 70.5 Å². The van der Waals surface area contributed by atoms with Crippen molar-refractivity contribution in [2.24, 2.45) is 0 Å². The molecule has 0 spiro atoms. The van der Waals surface area contributed by atoms with Crippen LogP contribution in [0, 0.1) is 20.8 Å².